The molecule has 1 aliphatic carbocycles. The number of aryl methyl sites for hydroxylation is 2. The van der Waals surface area contributed by atoms with Crippen LogP contribution in [0.5, 0.6) is 0 Å². The lowest BCUT2D eigenvalue weighted by Gasteiger charge is -2.21. The molecular weight excluding hydrogens is 210 g/mol. The lowest BCUT2D eigenvalue weighted by Crippen LogP contribution is -2.33. The highest BCUT2D eigenvalue weighted by atomic mass is 15.1. The normalized spacial score (nSPS) is 14.3. The van der Waals surface area contributed by atoms with Crippen molar-refractivity contribution in [2.75, 3.05) is 26.2 Å². The zero-order valence-electron chi connectivity index (χ0n) is 10.5. The fourth-order valence-corrected chi connectivity index (χ4v) is 2.62. The number of nitrogens with two attached hydrogens (primary N) is 2. The molecule has 0 bridgehead atoms. The van der Waals surface area contributed by atoms with Crippen molar-refractivity contribution < 1.29 is 0 Å². The van der Waals surface area contributed by atoms with Crippen LogP contribution in [0.1, 0.15) is 23.1 Å². The Morgan fingerprint density at radius 1 is 1.00 bits per heavy atom. The van der Waals surface area contributed by atoms with Crippen LogP contribution < -0.4 is 11.5 Å². The van der Waals surface area contributed by atoms with Crippen molar-refractivity contribution in [1.29, 1.82) is 0 Å². The Hall–Kier alpha value is -0.900. The van der Waals surface area contributed by atoms with E-state index in [9.17, 15) is 0 Å². The van der Waals surface area contributed by atoms with E-state index >= 15 is 0 Å². The summed E-state index contributed by atoms with van der Waals surface area (Å²) in [6, 6.07) is 6.91. The van der Waals surface area contributed by atoms with Gasteiger partial charge in [-0.1, -0.05) is 18.2 Å². The van der Waals surface area contributed by atoms with E-state index < -0.39 is 0 Å². The molecule has 0 atom stereocenters. The number of rotatable bonds is 6. The van der Waals surface area contributed by atoms with Gasteiger partial charge in [-0.3, -0.25) is 4.90 Å². The maximum Gasteiger partial charge on any atom is 0.0234 e. The molecule has 0 heterocycles. The number of hydrogen-bond donors (Lipinski definition) is 2. The maximum atomic E-state index is 5.62. The fraction of sp³-hybridized carbons (Fsp3) is 0.571. The SMILES string of the molecule is NCCN(CCN)Cc1ccc2c(c1)CCC2. The predicted octanol–water partition coefficient (Wildman–Crippen LogP) is 0.895. The van der Waals surface area contributed by atoms with Crippen molar-refractivity contribution in [3.05, 3.63) is 34.9 Å². The van der Waals surface area contributed by atoms with Crippen LogP contribution >= 0.6 is 0 Å². The molecule has 0 spiro atoms. The van der Waals surface area contributed by atoms with Gasteiger partial charge in [0.1, 0.15) is 0 Å². The summed E-state index contributed by atoms with van der Waals surface area (Å²) in [7, 11) is 0. The van der Waals surface area contributed by atoms with Crippen molar-refractivity contribution in [2.24, 2.45) is 11.5 Å². The molecule has 2 rings (SSSR count). The maximum absolute atomic E-state index is 5.62. The monoisotopic (exact) mass is 233 g/mol. The van der Waals surface area contributed by atoms with Crippen LogP contribution in [0.3, 0.4) is 0 Å². The third kappa shape index (κ3) is 3.28. The molecule has 3 nitrogen and oxygen atoms in total. The van der Waals surface area contributed by atoms with Gasteiger partial charge < -0.3 is 11.5 Å². The smallest absolute Gasteiger partial charge is 0.0234 e. The van der Waals surface area contributed by atoms with Gasteiger partial charge in [-0.25, -0.2) is 0 Å². The average Bonchev–Trinajstić information content (AvgIpc) is 2.77. The van der Waals surface area contributed by atoms with Crippen molar-refractivity contribution in [3.8, 4) is 0 Å². The molecule has 0 aliphatic heterocycles. The lowest BCUT2D eigenvalue weighted by molar-refractivity contribution is 0.281. The van der Waals surface area contributed by atoms with Gasteiger partial charge in [-0.05, 0) is 36.0 Å². The van der Waals surface area contributed by atoms with E-state index in [1.165, 1.54) is 30.4 Å². The molecule has 3 heteroatoms. The minimum Gasteiger partial charge on any atom is -0.329 e. The summed E-state index contributed by atoms with van der Waals surface area (Å²) in [5.74, 6) is 0. The third-order valence-electron chi connectivity index (χ3n) is 3.46. The molecule has 4 N–H and O–H groups in total. The van der Waals surface area contributed by atoms with Gasteiger partial charge in [0.2, 0.25) is 0 Å². The highest BCUT2D eigenvalue weighted by Gasteiger charge is 2.12. The van der Waals surface area contributed by atoms with E-state index in [-0.39, 0.29) is 0 Å². The summed E-state index contributed by atoms with van der Waals surface area (Å²) < 4.78 is 0. The molecule has 0 unspecified atom stereocenters. The summed E-state index contributed by atoms with van der Waals surface area (Å²) >= 11 is 0. The quantitative estimate of drug-likeness (QED) is 0.767. The zero-order chi connectivity index (χ0) is 12.1. The summed E-state index contributed by atoms with van der Waals surface area (Å²) in [4.78, 5) is 2.33. The predicted molar refractivity (Wildman–Crippen MR) is 71.9 cm³/mol. The second-order valence-electron chi connectivity index (χ2n) is 4.81. The second-order valence-corrected chi connectivity index (χ2v) is 4.81. The van der Waals surface area contributed by atoms with Gasteiger partial charge in [0.15, 0.2) is 0 Å². The molecule has 1 aromatic rings. The summed E-state index contributed by atoms with van der Waals surface area (Å²) in [5.41, 5.74) is 15.7. The van der Waals surface area contributed by atoms with E-state index in [0.29, 0.717) is 13.1 Å². The molecule has 0 radical (unpaired) electrons. The van der Waals surface area contributed by atoms with Crippen LogP contribution in [0.2, 0.25) is 0 Å². The Balaban J connectivity index is 2.01. The first kappa shape index (κ1) is 12.6. The third-order valence-corrected chi connectivity index (χ3v) is 3.46. The fourth-order valence-electron chi connectivity index (χ4n) is 2.62. The van der Waals surface area contributed by atoms with E-state index in [2.05, 4.69) is 23.1 Å². The van der Waals surface area contributed by atoms with Crippen LogP contribution in [0.25, 0.3) is 0 Å². The van der Waals surface area contributed by atoms with Crippen LogP contribution in [0.4, 0.5) is 0 Å². The second kappa shape index (κ2) is 6.15. The Bertz CT molecular complexity index is 356. The first-order valence-electron chi connectivity index (χ1n) is 6.56. The van der Waals surface area contributed by atoms with Gasteiger partial charge in [0.25, 0.3) is 0 Å². The zero-order valence-corrected chi connectivity index (χ0v) is 10.5. The Morgan fingerprint density at radius 2 is 1.71 bits per heavy atom. The van der Waals surface area contributed by atoms with Crippen molar-refractivity contribution in [3.63, 3.8) is 0 Å². The molecule has 1 aliphatic rings. The Labute approximate surface area is 104 Å². The standard InChI is InChI=1S/C14H23N3/c15-6-8-17(9-7-16)11-12-4-5-13-2-1-3-14(13)10-12/h4-5,10H,1-3,6-9,11,15-16H2. The molecule has 94 valence electrons. The van der Waals surface area contributed by atoms with Crippen molar-refractivity contribution in [2.45, 2.75) is 25.8 Å². The molecule has 0 aromatic heterocycles. The van der Waals surface area contributed by atoms with Gasteiger partial charge in [0.05, 0.1) is 0 Å². The number of fused-ring (bicyclic) bond motifs is 1. The van der Waals surface area contributed by atoms with Crippen LogP contribution in [-0.4, -0.2) is 31.1 Å². The molecule has 0 fully saturated rings. The molecular formula is C14H23N3. The number of benzene rings is 1. The number of hydrogen-bond acceptors (Lipinski definition) is 3. The summed E-state index contributed by atoms with van der Waals surface area (Å²) in [6.07, 6.45) is 3.82. The van der Waals surface area contributed by atoms with Crippen molar-refractivity contribution >= 4 is 0 Å². The largest absolute Gasteiger partial charge is 0.329 e. The lowest BCUT2D eigenvalue weighted by atomic mass is 10.1. The molecule has 0 amide bonds. The van der Waals surface area contributed by atoms with Crippen LogP contribution in [-0.2, 0) is 19.4 Å². The van der Waals surface area contributed by atoms with Crippen LogP contribution in [0, 0.1) is 0 Å². The van der Waals surface area contributed by atoms with E-state index in [1.807, 2.05) is 0 Å². The van der Waals surface area contributed by atoms with Gasteiger partial charge in [0, 0.05) is 32.7 Å². The average molecular weight is 233 g/mol. The van der Waals surface area contributed by atoms with Gasteiger partial charge in [-0.15, -0.1) is 0 Å². The highest BCUT2D eigenvalue weighted by molar-refractivity contribution is 5.35. The molecule has 1 aromatic carbocycles. The molecule has 0 saturated heterocycles. The van der Waals surface area contributed by atoms with Crippen molar-refractivity contribution in [1.82, 2.24) is 4.90 Å². The van der Waals surface area contributed by atoms with Gasteiger partial charge >= 0.3 is 0 Å². The first-order valence-corrected chi connectivity index (χ1v) is 6.56. The summed E-state index contributed by atoms with van der Waals surface area (Å²) in [6.45, 7) is 4.22. The first-order chi connectivity index (χ1) is 8.33. The van der Waals surface area contributed by atoms with Gasteiger partial charge in [-0.2, -0.15) is 0 Å². The number of nitrogens with zero attached hydrogens (tertiary/aromatic N) is 1. The Kier molecular flexibility index (Phi) is 4.54. The highest BCUT2D eigenvalue weighted by Crippen LogP contribution is 2.23. The minimum absolute atomic E-state index is 0.699. The molecule has 17 heavy (non-hydrogen) atoms. The van der Waals surface area contributed by atoms with E-state index in [1.54, 1.807) is 5.56 Å². The molecule has 0 saturated carbocycles. The van der Waals surface area contributed by atoms with E-state index in [0.717, 1.165) is 19.6 Å². The van der Waals surface area contributed by atoms with E-state index in [4.69, 9.17) is 11.5 Å². The topological polar surface area (TPSA) is 55.3 Å². The Morgan fingerprint density at radius 3 is 2.41 bits per heavy atom. The van der Waals surface area contributed by atoms with Crippen LogP contribution in [0.15, 0.2) is 18.2 Å². The minimum atomic E-state index is 0.699. The summed E-state index contributed by atoms with van der Waals surface area (Å²) in [5, 5.41) is 0.